The Hall–Kier alpha value is -4.72. The second kappa shape index (κ2) is 10.0. The lowest BCUT2D eigenvalue weighted by Crippen LogP contribution is -2.30. The number of ether oxygens (including phenoxy) is 1. The molecule has 2 amide bonds. The Kier molecular flexibility index (Phi) is 6.73. The molecule has 1 heterocycles. The highest BCUT2D eigenvalue weighted by Gasteiger charge is 2.18. The average Bonchev–Trinajstić information content (AvgIpc) is 2.89. The topological polar surface area (TPSA) is 115 Å². The van der Waals surface area contributed by atoms with Gasteiger partial charge in [-0.1, -0.05) is 36.4 Å². The molecule has 0 aliphatic heterocycles. The first kappa shape index (κ1) is 23.4. The van der Waals surface area contributed by atoms with E-state index < -0.39 is 17.8 Å². The first-order valence-electron chi connectivity index (χ1n) is 10.8. The van der Waals surface area contributed by atoms with E-state index in [0.29, 0.717) is 28.0 Å². The molecule has 0 aliphatic rings. The van der Waals surface area contributed by atoms with Crippen LogP contribution in [0.2, 0.25) is 0 Å². The first-order valence-corrected chi connectivity index (χ1v) is 10.8. The number of hydrogen-bond donors (Lipinski definition) is 2. The number of methoxy groups -OCH3 is 1. The number of carbonyl (C=O) groups is 3. The molecule has 0 fully saturated rings. The zero-order valence-electron chi connectivity index (χ0n) is 19.1. The van der Waals surface area contributed by atoms with E-state index in [-0.39, 0.29) is 23.1 Å². The van der Waals surface area contributed by atoms with Crippen molar-refractivity contribution in [1.29, 1.82) is 0 Å². The molecule has 0 unspecified atom stereocenters. The Labute approximate surface area is 200 Å². The van der Waals surface area contributed by atoms with Gasteiger partial charge >= 0.3 is 5.97 Å². The van der Waals surface area contributed by atoms with Crippen molar-refractivity contribution in [2.45, 2.75) is 6.92 Å². The van der Waals surface area contributed by atoms with E-state index in [1.54, 1.807) is 37.3 Å². The van der Waals surface area contributed by atoms with Gasteiger partial charge in [-0.05, 0) is 43.3 Å². The molecule has 3 aromatic carbocycles. The van der Waals surface area contributed by atoms with Crippen molar-refractivity contribution < 1.29 is 23.5 Å². The Bertz CT molecular complexity index is 1470. The molecule has 0 saturated heterocycles. The molecule has 0 aliphatic carbocycles. The highest BCUT2D eigenvalue weighted by molar-refractivity contribution is 6.11. The Morgan fingerprint density at radius 2 is 1.60 bits per heavy atom. The van der Waals surface area contributed by atoms with Gasteiger partial charge in [0.1, 0.15) is 12.3 Å². The summed E-state index contributed by atoms with van der Waals surface area (Å²) < 4.78 is 10.6. The number of carbonyl (C=O) groups excluding carboxylic acids is 3. The molecule has 0 radical (unpaired) electrons. The normalized spacial score (nSPS) is 10.6. The minimum atomic E-state index is -0.561. The van der Waals surface area contributed by atoms with Crippen LogP contribution in [0.3, 0.4) is 0 Å². The number of para-hydroxylation sites is 1. The molecule has 0 saturated carbocycles. The van der Waals surface area contributed by atoms with Crippen LogP contribution < -0.4 is 16.1 Å². The molecule has 176 valence electrons. The van der Waals surface area contributed by atoms with Crippen LogP contribution in [0.5, 0.6) is 0 Å². The second-order valence-corrected chi connectivity index (χ2v) is 7.72. The number of anilines is 1. The highest BCUT2D eigenvalue weighted by atomic mass is 16.5. The molecule has 35 heavy (non-hydrogen) atoms. The second-order valence-electron chi connectivity index (χ2n) is 7.72. The molecular weight excluding hydrogens is 448 g/mol. The molecule has 2 N–H and O–H groups in total. The number of fused-ring (bicyclic) bond motifs is 1. The Balaban J connectivity index is 1.61. The molecule has 8 heteroatoms. The van der Waals surface area contributed by atoms with Gasteiger partial charge in [0.15, 0.2) is 11.0 Å². The molecule has 8 nitrogen and oxygen atoms in total. The van der Waals surface area contributed by atoms with Crippen LogP contribution in [0.25, 0.3) is 22.3 Å². The largest absolute Gasteiger partial charge is 0.468 e. The van der Waals surface area contributed by atoms with E-state index in [1.807, 2.05) is 30.3 Å². The van der Waals surface area contributed by atoms with Crippen molar-refractivity contribution in [2.24, 2.45) is 0 Å². The number of nitrogens with one attached hydrogen (secondary N) is 2. The van der Waals surface area contributed by atoms with Crippen LogP contribution in [0.1, 0.15) is 26.3 Å². The number of hydrogen-bond acceptors (Lipinski definition) is 6. The lowest BCUT2D eigenvalue weighted by Gasteiger charge is -2.11. The third-order valence-corrected chi connectivity index (χ3v) is 5.45. The lowest BCUT2D eigenvalue weighted by atomic mass is 10.0. The predicted octanol–water partition coefficient (Wildman–Crippen LogP) is 3.92. The van der Waals surface area contributed by atoms with Gasteiger partial charge in [-0.2, -0.15) is 0 Å². The maximum atomic E-state index is 13.1. The van der Waals surface area contributed by atoms with Crippen LogP contribution in [0.15, 0.2) is 82.0 Å². The summed E-state index contributed by atoms with van der Waals surface area (Å²) in [5.74, 6) is -1.07. The summed E-state index contributed by atoms with van der Waals surface area (Å²) >= 11 is 0. The van der Waals surface area contributed by atoms with E-state index in [4.69, 9.17) is 4.42 Å². The minimum absolute atomic E-state index is 0.193. The van der Waals surface area contributed by atoms with E-state index in [0.717, 1.165) is 5.56 Å². The molecule has 1 aromatic heterocycles. The maximum Gasteiger partial charge on any atom is 0.325 e. The molecule has 4 aromatic rings. The lowest BCUT2D eigenvalue weighted by molar-refractivity contribution is -0.139. The van der Waals surface area contributed by atoms with E-state index in [2.05, 4.69) is 15.4 Å². The Morgan fingerprint density at radius 1 is 0.886 bits per heavy atom. The third kappa shape index (κ3) is 4.96. The van der Waals surface area contributed by atoms with Crippen LogP contribution in [-0.4, -0.2) is 31.4 Å². The first-order chi connectivity index (χ1) is 16.9. The maximum absolute atomic E-state index is 13.1. The van der Waals surface area contributed by atoms with Gasteiger partial charge in [-0.3, -0.25) is 19.2 Å². The van der Waals surface area contributed by atoms with Crippen LogP contribution >= 0.6 is 0 Å². The third-order valence-electron chi connectivity index (χ3n) is 5.45. The fraction of sp³-hybridized carbons (Fsp3) is 0.111. The molecule has 0 spiro atoms. The monoisotopic (exact) mass is 470 g/mol. The minimum Gasteiger partial charge on any atom is -0.468 e. The van der Waals surface area contributed by atoms with Gasteiger partial charge < -0.3 is 19.8 Å². The summed E-state index contributed by atoms with van der Waals surface area (Å²) in [4.78, 5) is 49.4. The SMILES string of the molecule is COC(=O)CNC(=O)c1ccc(NC(=O)c2cccc3c(=O)c(C)c(-c4ccccc4)oc23)cc1. The summed E-state index contributed by atoms with van der Waals surface area (Å²) in [6.07, 6.45) is 0. The van der Waals surface area contributed by atoms with E-state index in [9.17, 15) is 19.2 Å². The van der Waals surface area contributed by atoms with E-state index in [1.165, 1.54) is 19.2 Å². The number of benzene rings is 3. The van der Waals surface area contributed by atoms with Gasteiger partial charge in [-0.15, -0.1) is 0 Å². The fourth-order valence-electron chi connectivity index (χ4n) is 3.58. The van der Waals surface area contributed by atoms with Gasteiger partial charge in [0.25, 0.3) is 11.8 Å². The molecule has 0 bridgehead atoms. The predicted molar refractivity (Wildman–Crippen MR) is 131 cm³/mol. The highest BCUT2D eigenvalue weighted by Crippen LogP contribution is 2.27. The number of rotatable bonds is 6. The van der Waals surface area contributed by atoms with Gasteiger partial charge in [0.05, 0.1) is 18.1 Å². The van der Waals surface area contributed by atoms with E-state index >= 15 is 0 Å². The Morgan fingerprint density at radius 3 is 2.29 bits per heavy atom. The van der Waals surface area contributed by atoms with Crippen molar-refractivity contribution in [2.75, 3.05) is 19.0 Å². The van der Waals surface area contributed by atoms with Gasteiger partial charge in [0, 0.05) is 22.4 Å². The fourth-order valence-corrected chi connectivity index (χ4v) is 3.58. The van der Waals surface area contributed by atoms with Gasteiger partial charge in [-0.25, -0.2) is 0 Å². The van der Waals surface area contributed by atoms with Crippen molar-refractivity contribution in [3.8, 4) is 11.3 Å². The average molecular weight is 470 g/mol. The zero-order chi connectivity index (χ0) is 24.9. The quantitative estimate of drug-likeness (QED) is 0.413. The summed E-state index contributed by atoms with van der Waals surface area (Å²) in [6, 6.07) is 20.2. The van der Waals surface area contributed by atoms with Crippen molar-refractivity contribution in [3.05, 3.63) is 99.7 Å². The number of amides is 2. The smallest absolute Gasteiger partial charge is 0.325 e. The number of esters is 1. The zero-order valence-corrected chi connectivity index (χ0v) is 19.1. The van der Waals surface area contributed by atoms with Gasteiger partial charge in [0.2, 0.25) is 0 Å². The van der Waals surface area contributed by atoms with Crippen LogP contribution in [0, 0.1) is 6.92 Å². The summed E-state index contributed by atoms with van der Waals surface area (Å²) in [7, 11) is 1.23. The molecule has 4 rings (SSSR count). The van der Waals surface area contributed by atoms with Crippen LogP contribution in [0.4, 0.5) is 5.69 Å². The van der Waals surface area contributed by atoms with Crippen LogP contribution in [-0.2, 0) is 9.53 Å². The molecule has 0 atom stereocenters. The van der Waals surface area contributed by atoms with Crippen molar-refractivity contribution >= 4 is 34.4 Å². The van der Waals surface area contributed by atoms with Crippen molar-refractivity contribution in [3.63, 3.8) is 0 Å². The molecular formula is C27H22N2O6. The standard InChI is InChI=1S/C27H22N2O6/c1-16-23(31)20-9-6-10-21(25(20)35-24(16)17-7-4-3-5-8-17)27(33)29-19-13-11-18(12-14-19)26(32)28-15-22(30)34-2/h3-14H,15H2,1-2H3,(H,28,32)(H,29,33). The van der Waals surface area contributed by atoms with Crippen molar-refractivity contribution in [1.82, 2.24) is 5.32 Å². The summed E-state index contributed by atoms with van der Waals surface area (Å²) in [5.41, 5.74) is 2.14. The summed E-state index contributed by atoms with van der Waals surface area (Å²) in [6.45, 7) is 1.45. The summed E-state index contributed by atoms with van der Waals surface area (Å²) in [5, 5.41) is 5.52.